The highest BCUT2D eigenvalue weighted by atomic mass is 32.2. The smallest absolute Gasteiger partial charge is 0.226 e. The van der Waals surface area contributed by atoms with Crippen LogP contribution in [0.3, 0.4) is 0 Å². The Morgan fingerprint density at radius 2 is 1.90 bits per heavy atom. The highest BCUT2D eigenvalue weighted by Crippen LogP contribution is 2.25. The van der Waals surface area contributed by atoms with Gasteiger partial charge in [0.2, 0.25) is 11.8 Å². The largest absolute Gasteiger partial charge is 0.425 e. The maximum absolute atomic E-state index is 5.37. The fraction of sp³-hybridized carbons (Fsp3) is 0.286. The van der Waals surface area contributed by atoms with Crippen LogP contribution in [0.4, 0.5) is 0 Å². The van der Waals surface area contributed by atoms with Gasteiger partial charge in [-0.25, -0.2) is 0 Å². The lowest BCUT2D eigenvalue weighted by molar-refractivity contribution is 0.485. The van der Waals surface area contributed by atoms with Gasteiger partial charge in [0.1, 0.15) is 0 Å². The average molecular weight is 301 g/mol. The summed E-state index contributed by atoms with van der Waals surface area (Å²) >= 11 is 1.55. The van der Waals surface area contributed by atoms with Gasteiger partial charge in [-0.3, -0.25) is 0 Å². The molecular weight excluding hydrogens is 286 g/mol. The second kappa shape index (κ2) is 6.09. The van der Waals surface area contributed by atoms with Crippen molar-refractivity contribution in [2.75, 3.05) is 0 Å². The molecule has 0 aliphatic heterocycles. The molecular formula is C14H15N5OS. The Kier molecular flexibility index (Phi) is 4.01. The SMILES string of the molecule is CCn1c(SCc2nnc(C)o2)nnc1-c1ccccc1. The molecule has 2 heterocycles. The van der Waals surface area contributed by atoms with Crippen LogP contribution < -0.4 is 0 Å². The average Bonchev–Trinajstić information content (AvgIpc) is 3.11. The number of rotatable bonds is 5. The number of thioether (sulfide) groups is 1. The summed E-state index contributed by atoms with van der Waals surface area (Å²) in [6.07, 6.45) is 0. The molecule has 0 unspecified atom stereocenters. The molecule has 6 nitrogen and oxygen atoms in total. The first-order valence-corrected chi connectivity index (χ1v) is 7.67. The molecule has 0 N–H and O–H groups in total. The number of aryl methyl sites for hydroxylation is 1. The van der Waals surface area contributed by atoms with Crippen LogP contribution in [0.15, 0.2) is 39.9 Å². The molecule has 0 spiro atoms. The van der Waals surface area contributed by atoms with Crippen molar-refractivity contribution in [3.63, 3.8) is 0 Å². The summed E-state index contributed by atoms with van der Waals surface area (Å²) in [5.41, 5.74) is 1.06. The molecule has 0 aliphatic carbocycles. The molecule has 0 fully saturated rings. The highest BCUT2D eigenvalue weighted by molar-refractivity contribution is 7.98. The molecule has 3 rings (SSSR count). The standard InChI is InChI=1S/C14H15N5OS/c1-3-19-13(11-7-5-4-6-8-11)17-18-14(19)21-9-12-16-15-10(2)20-12/h4-8H,3,9H2,1-2H3. The van der Waals surface area contributed by atoms with Crippen LogP contribution in [-0.2, 0) is 12.3 Å². The molecule has 0 saturated heterocycles. The number of hydrogen-bond acceptors (Lipinski definition) is 6. The van der Waals surface area contributed by atoms with Crippen LogP contribution in [0.25, 0.3) is 11.4 Å². The Morgan fingerprint density at radius 3 is 2.57 bits per heavy atom. The van der Waals surface area contributed by atoms with Gasteiger partial charge in [0.15, 0.2) is 11.0 Å². The molecule has 21 heavy (non-hydrogen) atoms. The number of nitrogens with zero attached hydrogens (tertiary/aromatic N) is 5. The van der Waals surface area contributed by atoms with Gasteiger partial charge in [-0.1, -0.05) is 42.1 Å². The molecule has 0 saturated carbocycles. The van der Waals surface area contributed by atoms with Crippen molar-refractivity contribution in [1.82, 2.24) is 25.0 Å². The van der Waals surface area contributed by atoms with Crippen molar-refractivity contribution >= 4 is 11.8 Å². The molecule has 108 valence electrons. The van der Waals surface area contributed by atoms with Crippen molar-refractivity contribution in [3.8, 4) is 11.4 Å². The van der Waals surface area contributed by atoms with E-state index >= 15 is 0 Å². The van der Waals surface area contributed by atoms with Crippen LogP contribution in [0.2, 0.25) is 0 Å². The molecule has 7 heteroatoms. The van der Waals surface area contributed by atoms with Crippen LogP contribution in [0, 0.1) is 6.92 Å². The topological polar surface area (TPSA) is 69.6 Å². The summed E-state index contributed by atoms with van der Waals surface area (Å²) < 4.78 is 7.46. The third kappa shape index (κ3) is 2.97. The summed E-state index contributed by atoms with van der Waals surface area (Å²) in [7, 11) is 0. The van der Waals surface area contributed by atoms with E-state index in [2.05, 4.69) is 31.9 Å². The van der Waals surface area contributed by atoms with Gasteiger partial charge < -0.3 is 8.98 Å². The Labute approximate surface area is 126 Å². The van der Waals surface area contributed by atoms with Crippen LogP contribution in [0.5, 0.6) is 0 Å². The summed E-state index contributed by atoms with van der Waals surface area (Å²) in [6, 6.07) is 10.1. The third-order valence-electron chi connectivity index (χ3n) is 2.96. The molecule has 0 atom stereocenters. The second-order valence-electron chi connectivity index (χ2n) is 4.42. The van der Waals surface area contributed by atoms with Crippen molar-refractivity contribution in [2.24, 2.45) is 0 Å². The van der Waals surface area contributed by atoms with E-state index < -0.39 is 0 Å². The van der Waals surface area contributed by atoms with Gasteiger partial charge in [0.25, 0.3) is 0 Å². The highest BCUT2D eigenvalue weighted by Gasteiger charge is 2.14. The summed E-state index contributed by atoms with van der Waals surface area (Å²) in [5, 5.41) is 17.2. The third-order valence-corrected chi connectivity index (χ3v) is 3.91. The summed E-state index contributed by atoms with van der Waals surface area (Å²) in [6.45, 7) is 4.67. The summed E-state index contributed by atoms with van der Waals surface area (Å²) in [4.78, 5) is 0. The first-order valence-electron chi connectivity index (χ1n) is 6.68. The van der Waals surface area contributed by atoms with E-state index in [1.54, 1.807) is 18.7 Å². The first kappa shape index (κ1) is 13.8. The van der Waals surface area contributed by atoms with E-state index in [0.717, 1.165) is 23.1 Å². The number of benzene rings is 1. The molecule has 0 bridgehead atoms. The zero-order chi connectivity index (χ0) is 14.7. The lowest BCUT2D eigenvalue weighted by Gasteiger charge is -2.06. The van der Waals surface area contributed by atoms with Gasteiger partial charge in [-0.2, -0.15) is 0 Å². The minimum atomic E-state index is 0.576. The molecule has 0 radical (unpaired) electrons. The van der Waals surface area contributed by atoms with Gasteiger partial charge in [0, 0.05) is 19.0 Å². The maximum Gasteiger partial charge on any atom is 0.226 e. The molecule has 3 aromatic rings. The van der Waals surface area contributed by atoms with Gasteiger partial charge >= 0.3 is 0 Å². The molecule has 1 aromatic carbocycles. The Bertz CT molecular complexity index is 722. The number of aromatic nitrogens is 5. The minimum Gasteiger partial charge on any atom is -0.425 e. The Hall–Kier alpha value is -2.15. The van der Waals surface area contributed by atoms with E-state index in [1.165, 1.54) is 0 Å². The minimum absolute atomic E-state index is 0.576. The fourth-order valence-corrected chi connectivity index (χ4v) is 2.84. The lowest BCUT2D eigenvalue weighted by Crippen LogP contribution is -1.99. The molecule has 2 aromatic heterocycles. The van der Waals surface area contributed by atoms with E-state index in [1.807, 2.05) is 30.3 Å². The van der Waals surface area contributed by atoms with Crippen LogP contribution in [-0.4, -0.2) is 25.0 Å². The summed E-state index contributed by atoms with van der Waals surface area (Å²) in [5.74, 6) is 2.65. The lowest BCUT2D eigenvalue weighted by atomic mass is 10.2. The zero-order valence-electron chi connectivity index (χ0n) is 11.9. The fourth-order valence-electron chi connectivity index (χ4n) is 2.00. The normalized spacial score (nSPS) is 11.0. The van der Waals surface area contributed by atoms with Gasteiger partial charge in [0.05, 0.1) is 5.75 Å². The Morgan fingerprint density at radius 1 is 1.10 bits per heavy atom. The van der Waals surface area contributed by atoms with E-state index in [-0.39, 0.29) is 0 Å². The van der Waals surface area contributed by atoms with E-state index in [0.29, 0.717) is 17.5 Å². The maximum atomic E-state index is 5.37. The predicted octanol–water partition coefficient (Wildman–Crippen LogP) is 2.95. The van der Waals surface area contributed by atoms with Crippen molar-refractivity contribution in [1.29, 1.82) is 0 Å². The van der Waals surface area contributed by atoms with Crippen LogP contribution >= 0.6 is 11.8 Å². The Balaban J connectivity index is 1.82. The van der Waals surface area contributed by atoms with Crippen molar-refractivity contribution in [2.45, 2.75) is 31.3 Å². The van der Waals surface area contributed by atoms with E-state index in [9.17, 15) is 0 Å². The molecule has 0 amide bonds. The quantitative estimate of drug-likeness (QED) is 0.675. The van der Waals surface area contributed by atoms with Crippen LogP contribution in [0.1, 0.15) is 18.7 Å². The second-order valence-corrected chi connectivity index (χ2v) is 5.36. The van der Waals surface area contributed by atoms with Crippen molar-refractivity contribution in [3.05, 3.63) is 42.1 Å². The van der Waals surface area contributed by atoms with Gasteiger partial charge in [-0.15, -0.1) is 20.4 Å². The number of hydrogen-bond donors (Lipinski definition) is 0. The predicted molar refractivity (Wildman–Crippen MR) is 79.7 cm³/mol. The first-order chi connectivity index (χ1) is 10.3. The zero-order valence-corrected chi connectivity index (χ0v) is 12.7. The molecule has 0 aliphatic rings. The van der Waals surface area contributed by atoms with Crippen molar-refractivity contribution < 1.29 is 4.42 Å². The van der Waals surface area contributed by atoms with E-state index in [4.69, 9.17) is 4.42 Å². The van der Waals surface area contributed by atoms with Gasteiger partial charge in [-0.05, 0) is 6.92 Å². The monoisotopic (exact) mass is 301 g/mol.